The number of nitrogens with one attached hydrogen (secondary N) is 3. The number of hydrazone groups is 1. The molecule has 0 spiro atoms. The van der Waals surface area contributed by atoms with E-state index in [1.54, 1.807) is 18.3 Å². The first-order valence-electron chi connectivity index (χ1n) is 11.4. The van der Waals surface area contributed by atoms with Crippen molar-refractivity contribution in [1.29, 1.82) is 0 Å². The molecule has 4 aromatic carbocycles. The minimum atomic E-state index is -0.485. The molecule has 0 radical (unpaired) electrons. The van der Waals surface area contributed by atoms with E-state index in [0.29, 0.717) is 5.56 Å². The number of amides is 2. The van der Waals surface area contributed by atoms with Crippen LogP contribution in [0.15, 0.2) is 108 Å². The van der Waals surface area contributed by atoms with Crippen LogP contribution in [0.4, 0.5) is 0 Å². The number of aromatic amines is 1. The van der Waals surface area contributed by atoms with Gasteiger partial charge in [0.15, 0.2) is 0 Å². The fourth-order valence-electron chi connectivity index (χ4n) is 4.12. The highest BCUT2D eigenvalue weighted by molar-refractivity contribution is 6.08. The average Bonchev–Trinajstić information content (AvgIpc) is 3.27. The van der Waals surface area contributed by atoms with Crippen LogP contribution >= 0.6 is 0 Å². The molecule has 0 aliphatic heterocycles. The fraction of sp³-hybridized carbons (Fsp3) is 0.0690. The van der Waals surface area contributed by atoms with E-state index >= 15 is 0 Å². The average molecular weight is 461 g/mol. The Morgan fingerprint density at radius 3 is 2.29 bits per heavy atom. The molecule has 35 heavy (non-hydrogen) atoms. The summed E-state index contributed by atoms with van der Waals surface area (Å²) in [6, 6.07) is 32.0. The summed E-state index contributed by atoms with van der Waals surface area (Å²) >= 11 is 0. The van der Waals surface area contributed by atoms with Crippen molar-refractivity contribution in [3.63, 3.8) is 0 Å². The summed E-state index contributed by atoms with van der Waals surface area (Å²) in [4.78, 5) is 28.8. The molecule has 6 heteroatoms. The standard InChI is InChI=1S/C29H24N4O2/c34-28(18-27(21-9-3-1-4-10-21)32-29(35)22-11-5-2-6-12-22)33-30-19-20-15-16-26-24(17-20)23-13-7-8-14-25(23)31-26/h1-17,19,27,31H,18H2,(H,32,35)(H,33,34)/b30-19-/t27-/m0/s1. The quantitative estimate of drug-likeness (QED) is 0.226. The van der Waals surface area contributed by atoms with Crippen LogP contribution in [-0.4, -0.2) is 23.0 Å². The monoisotopic (exact) mass is 460 g/mol. The summed E-state index contributed by atoms with van der Waals surface area (Å²) in [6.07, 6.45) is 1.68. The van der Waals surface area contributed by atoms with Crippen molar-refractivity contribution in [3.05, 3.63) is 120 Å². The number of fused-ring (bicyclic) bond motifs is 3. The van der Waals surface area contributed by atoms with E-state index in [1.165, 1.54) is 0 Å². The second-order valence-electron chi connectivity index (χ2n) is 8.28. The van der Waals surface area contributed by atoms with Crippen LogP contribution in [-0.2, 0) is 4.79 Å². The van der Waals surface area contributed by atoms with Gasteiger partial charge in [0.05, 0.1) is 18.7 Å². The Labute approximate surface area is 202 Å². The molecule has 172 valence electrons. The van der Waals surface area contributed by atoms with Crippen LogP contribution in [0.2, 0.25) is 0 Å². The van der Waals surface area contributed by atoms with Gasteiger partial charge in [0, 0.05) is 27.4 Å². The van der Waals surface area contributed by atoms with E-state index in [1.807, 2.05) is 84.9 Å². The molecule has 1 aromatic heterocycles. The van der Waals surface area contributed by atoms with Crippen LogP contribution in [0.25, 0.3) is 21.8 Å². The summed E-state index contributed by atoms with van der Waals surface area (Å²) in [6.45, 7) is 0. The molecule has 3 N–H and O–H groups in total. The Morgan fingerprint density at radius 2 is 1.49 bits per heavy atom. The molecule has 0 aliphatic carbocycles. The highest BCUT2D eigenvalue weighted by Crippen LogP contribution is 2.25. The molecule has 1 heterocycles. The highest BCUT2D eigenvalue weighted by atomic mass is 16.2. The maximum absolute atomic E-state index is 12.7. The van der Waals surface area contributed by atoms with Gasteiger partial charge in [-0.25, -0.2) is 5.43 Å². The van der Waals surface area contributed by atoms with Crippen LogP contribution in [0.1, 0.15) is 33.9 Å². The number of benzene rings is 4. The maximum Gasteiger partial charge on any atom is 0.251 e. The normalized spacial score (nSPS) is 12.1. The Bertz CT molecular complexity index is 1510. The van der Waals surface area contributed by atoms with E-state index < -0.39 is 6.04 Å². The molecule has 2 amide bonds. The Balaban J connectivity index is 1.28. The number of carbonyl (C=O) groups excluding carboxylic acids is 2. The van der Waals surface area contributed by atoms with Crippen LogP contribution < -0.4 is 10.7 Å². The molecule has 0 aliphatic rings. The van der Waals surface area contributed by atoms with Crippen molar-refractivity contribution in [2.24, 2.45) is 5.10 Å². The fourth-order valence-corrected chi connectivity index (χ4v) is 4.12. The number of H-pyrrole nitrogens is 1. The van der Waals surface area contributed by atoms with Gasteiger partial charge in [-0.15, -0.1) is 0 Å². The van der Waals surface area contributed by atoms with Crippen molar-refractivity contribution in [1.82, 2.24) is 15.7 Å². The Hall–Kier alpha value is -4.71. The minimum Gasteiger partial charge on any atom is -0.355 e. The summed E-state index contributed by atoms with van der Waals surface area (Å²) in [7, 11) is 0. The third-order valence-electron chi connectivity index (χ3n) is 5.87. The van der Waals surface area contributed by atoms with E-state index in [4.69, 9.17) is 0 Å². The number of rotatable bonds is 7. The number of hydrogen-bond donors (Lipinski definition) is 3. The Kier molecular flexibility index (Phi) is 6.35. The lowest BCUT2D eigenvalue weighted by Gasteiger charge is -2.18. The van der Waals surface area contributed by atoms with Gasteiger partial charge in [0.25, 0.3) is 5.91 Å². The molecule has 0 saturated heterocycles. The number of hydrogen-bond acceptors (Lipinski definition) is 3. The van der Waals surface area contributed by atoms with Crippen LogP contribution in [0.3, 0.4) is 0 Å². The van der Waals surface area contributed by atoms with Gasteiger partial charge in [0.2, 0.25) is 5.91 Å². The highest BCUT2D eigenvalue weighted by Gasteiger charge is 2.19. The summed E-state index contributed by atoms with van der Waals surface area (Å²) in [5, 5.41) is 9.36. The molecule has 0 unspecified atom stereocenters. The van der Waals surface area contributed by atoms with Crippen molar-refractivity contribution in [3.8, 4) is 0 Å². The van der Waals surface area contributed by atoms with Crippen molar-refractivity contribution in [2.45, 2.75) is 12.5 Å². The molecule has 6 nitrogen and oxygen atoms in total. The zero-order valence-electron chi connectivity index (χ0n) is 18.9. The van der Waals surface area contributed by atoms with Crippen LogP contribution in [0, 0.1) is 0 Å². The molecular weight excluding hydrogens is 436 g/mol. The number of nitrogens with zero attached hydrogens (tertiary/aromatic N) is 1. The molecule has 0 fully saturated rings. The molecule has 1 atom stereocenters. The second kappa shape index (κ2) is 10.1. The summed E-state index contributed by atoms with van der Waals surface area (Å²) < 4.78 is 0. The number of aromatic nitrogens is 1. The summed E-state index contributed by atoms with van der Waals surface area (Å²) in [5.74, 6) is -0.528. The first kappa shape index (κ1) is 22.1. The lowest BCUT2D eigenvalue weighted by atomic mass is 10.0. The maximum atomic E-state index is 12.7. The minimum absolute atomic E-state index is 0.0570. The van der Waals surface area contributed by atoms with E-state index in [2.05, 4.69) is 26.9 Å². The first-order valence-corrected chi connectivity index (χ1v) is 11.4. The Morgan fingerprint density at radius 1 is 0.800 bits per heavy atom. The van der Waals surface area contributed by atoms with Gasteiger partial charge in [-0.3, -0.25) is 9.59 Å². The van der Waals surface area contributed by atoms with Crippen LogP contribution in [0.5, 0.6) is 0 Å². The van der Waals surface area contributed by atoms with Gasteiger partial charge < -0.3 is 10.3 Å². The van der Waals surface area contributed by atoms with E-state index in [-0.39, 0.29) is 18.2 Å². The zero-order valence-corrected chi connectivity index (χ0v) is 18.9. The molecular formula is C29H24N4O2. The molecule has 0 saturated carbocycles. The van der Waals surface area contributed by atoms with E-state index in [9.17, 15) is 9.59 Å². The first-order chi connectivity index (χ1) is 17.2. The van der Waals surface area contributed by atoms with Gasteiger partial charge in [-0.2, -0.15) is 5.10 Å². The molecule has 5 rings (SSSR count). The van der Waals surface area contributed by atoms with Gasteiger partial charge in [-0.05, 0) is 41.5 Å². The largest absolute Gasteiger partial charge is 0.355 e. The smallest absolute Gasteiger partial charge is 0.251 e. The van der Waals surface area contributed by atoms with E-state index in [0.717, 1.165) is 32.9 Å². The molecule has 5 aromatic rings. The second-order valence-corrected chi connectivity index (χ2v) is 8.28. The topological polar surface area (TPSA) is 86.3 Å². The third-order valence-corrected chi connectivity index (χ3v) is 5.87. The lowest BCUT2D eigenvalue weighted by Crippen LogP contribution is -2.32. The van der Waals surface area contributed by atoms with Gasteiger partial charge >= 0.3 is 0 Å². The van der Waals surface area contributed by atoms with Crippen molar-refractivity contribution in [2.75, 3.05) is 0 Å². The van der Waals surface area contributed by atoms with Crippen molar-refractivity contribution >= 4 is 39.8 Å². The molecule has 0 bridgehead atoms. The van der Waals surface area contributed by atoms with Crippen molar-refractivity contribution < 1.29 is 9.59 Å². The number of para-hydroxylation sites is 1. The third kappa shape index (κ3) is 5.12. The predicted octanol–water partition coefficient (Wildman–Crippen LogP) is 5.33. The lowest BCUT2D eigenvalue weighted by molar-refractivity contribution is -0.121. The SMILES string of the molecule is O=C(C[C@H](NC(=O)c1ccccc1)c1ccccc1)N/N=C\c1ccc2[nH]c3ccccc3c2c1. The summed E-state index contributed by atoms with van der Waals surface area (Å²) in [5.41, 5.74) is 6.99. The van der Waals surface area contributed by atoms with Gasteiger partial charge in [0.1, 0.15) is 0 Å². The van der Waals surface area contributed by atoms with Gasteiger partial charge in [-0.1, -0.05) is 72.8 Å². The number of carbonyl (C=O) groups is 2. The predicted molar refractivity (Wildman–Crippen MR) is 139 cm³/mol. The zero-order chi connectivity index (χ0) is 24.0.